The fourth-order valence-corrected chi connectivity index (χ4v) is 4.43. The number of nitrogens with zero attached hydrogens (tertiary/aromatic N) is 2. The Labute approximate surface area is 163 Å². The Bertz CT molecular complexity index is 896. The number of halogens is 1. The Morgan fingerprint density at radius 1 is 1.04 bits per heavy atom. The summed E-state index contributed by atoms with van der Waals surface area (Å²) in [5.74, 6) is 0.463. The maximum atomic E-state index is 14.4. The minimum Gasteiger partial charge on any atom is -0.352 e. The van der Waals surface area contributed by atoms with Crippen LogP contribution in [0.3, 0.4) is 0 Å². The lowest BCUT2D eigenvalue weighted by Crippen LogP contribution is -2.44. The van der Waals surface area contributed by atoms with Gasteiger partial charge < -0.3 is 4.90 Å². The molecule has 1 unspecified atom stereocenters. The third-order valence-electron chi connectivity index (χ3n) is 6.61. The van der Waals surface area contributed by atoms with Gasteiger partial charge in [-0.3, -0.25) is 0 Å². The van der Waals surface area contributed by atoms with Gasteiger partial charge in [0.05, 0.1) is 17.6 Å². The Balaban J connectivity index is 2.22. The number of hydrogen-bond acceptors (Lipinski definition) is 2. The summed E-state index contributed by atoms with van der Waals surface area (Å²) < 4.78 is 14.4. The lowest BCUT2D eigenvalue weighted by atomic mass is 9.77. The Morgan fingerprint density at radius 3 is 2.33 bits per heavy atom. The summed E-state index contributed by atoms with van der Waals surface area (Å²) in [7, 11) is 2.05. The summed E-state index contributed by atoms with van der Waals surface area (Å²) >= 11 is 0. The molecule has 1 aliphatic heterocycles. The van der Waals surface area contributed by atoms with E-state index in [2.05, 4.69) is 50.9 Å². The number of fused-ring (bicyclic) bond motifs is 1. The standard InChI is InChI=1S/C24H31FN2/c1-8-18(9-2)19-10-11-20-22(13-19)26-14-27(7)24(20,6)21-12-15(3)23(25)17(5)16(21)4/h10-14,18H,8-9H2,1-7H3. The molecular weight excluding hydrogens is 335 g/mol. The van der Waals surface area contributed by atoms with Crippen molar-refractivity contribution in [1.29, 1.82) is 0 Å². The molecule has 0 saturated carbocycles. The lowest BCUT2D eigenvalue weighted by molar-refractivity contribution is 0.290. The van der Waals surface area contributed by atoms with Crippen molar-refractivity contribution in [3.8, 4) is 0 Å². The maximum Gasteiger partial charge on any atom is 0.129 e. The molecule has 0 bridgehead atoms. The highest BCUT2D eigenvalue weighted by molar-refractivity contribution is 5.73. The highest BCUT2D eigenvalue weighted by Crippen LogP contribution is 2.45. The van der Waals surface area contributed by atoms with Gasteiger partial charge >= 0.3 is 0 Å². The molecule has 1 atom stereocenters. The van der Waals surface area contributed by atoms with Gasteiger partial charge in [-0.15, -0.1) is 0 Å². The lowest BCUT2D eigenvalue weighted by Gasteiger charge is -2.43. The molecule has 0 aromatic heterocycles. The molecule has 1 heterocycles. The fraction of sp³-hybridized carbons (Fsp3) is 0.458. The number of benzene rings is 2. The zero-order chi connectivity index (χ0) is 19.9. The molecular formula is C24H31FN2. The van der Waals surface area contributed by atoms with E-state index in [4.69, 9.17) is 4.99 Å². The first-order valence-electron chi connectivity index (χ1n) is 9.93. The average Bonchev–Trinajstić information content (AvgIpc) is 2.67. The molecule has 0 saturated heterocycles. The predicted molar refractivity (Wildman–Crippen MR) is 113 cm³/mol. The van der Waals surface area contributed by atoms with Gasteiger partial charge in [0.15, 0.2) is 0 Å². The molecule has 0 spiro atoms. The largest absolute Gasteiger partial charge is 0.352 e. The molecule has 3 rings (SSSR count). The monoisotopic (exact) mass is 366 g/mol. The van der Waals surface area contributed by atoms with Crippen molar-refractivity contribution in [3.63, 3.8) is 0 Å². The van der Waals surface area contributed by atoms with Crippen LogP contribution >= 0.6 is 0 Å². The van der Waals surface area contributed by atoms with Crippen molar-refractivity contribution in [2.24, 2.45) is 4.99 Å². The summed E-state index contributed by atoms with van der Waals surface area (Å²) in [6.07, 6.45) is 4.17. The van der Waals surface area contributed by atoms with Crippen molar-refractivity contribution >= 4 is 12.0 Å². The molecule has 2 aromatic rings. The summed E-state index contributed by atoms with van der Waals surface area (Å²) in [6.45, 7) is 12.4. The SMILES string of the molecule is CCC(CC)c1ccc2c(c1)N=CN(C)C2(C)c1cc(C)c(F)c(C)c1C. The van der Waals surface area contributed by atoms with E-state index in [1.54, 1.807) is 0 Å². The molecule has 0 radical (unpaired) electrons. The quantitative estimate of drug-likeness (QED) is 0.601. The van der Waals surface area contributed by atoms with Crippen LogP contribution < -0.4 is 0 Å². The highest BCUT2D eigenvalue weighted by Gasteiger charge is 2.39. The van der Waals surface area contributed by atoms with E-state index in [0.717, 1.165) is 35.2 Å². The molecule has 1 aliphatic rings. The van der Waals surface area contributed by atoms with Crippen LogP contribution in [0.2, 0.25) is 0 Å². The first-order valence-corrected chi connectivity index (χ1v) is 9.93. The van der Waals surface area contributed by atoms with Crippen LogP contribution in [0.1, 0.15) is 72.9 Å². The van der Waals surface area contributed by atoms with Gasteiger partial charge in [0, 0.05) is 12.6 Å². The Morgan fingerprint density at radius 2 is 1.70 bits per heavy atom. The Kier molecular flexibility index (Phi) is 5.16. The minimum atomic E-state index is -0.378. The van der Waals surface area contributed by atoms with Crippen LogP contribution in [0.5, 0.6) is 0 Å². The Hall–Kier alpha value is -2.16. The number of aliphatic imine (C=N–C) groups is 1. The molecule has 0 aliphatic carbocycles. The van der Waals surface area contributed by atoms with Gasteiger partial charge in [-0.25, -0.2) is 9.38 Å². The minimum absolute atomic E-state index is 0.101. The molecule has 27 heavy (non-hydrogen) atoms. The van der Waals surface area contributed by atoms with Crippen LogP contribution in [0.4, 0.5) is 10.1 Å². The van der Waals surface area contributed by atoms with Crippen LogP contribution in [-0.4, -0.2) is 18.3 Å². The second kappa shape index (κ2) is 7.10. The molecule has 0 amide bonds. The van der Waals surface area contributed by atoms with Gasteiger partial charge in [0.25, 0.3) is 0 Å². The van der Waals surface area contributed by atoms with Crippen molar-refractivity contribution in [1.82, 2.24) is 4.90 Å². The van der Waals surface area contributed by atoms with Crippen molar-refractivity contribution < 1.29 is 4.39 Å². The molecule has 2 aromatic carbocycles. The van der Waals surface area contributed by atoms with E-state index in [0.29, 0.717) is 11.5 Å². The highest BCUT2D eigenvalue weighted by atomic mass is 19.1. The van der Waals surface area contributed by atoms with Gasteiger partial charge in [-0.05, 0) is 80.3 Å². The second-order valence-electron chi connectivity index (χ2n) is 8.02. The summed E-state index contributed by atoms with van der Waals surface area (Å²) in [5.41, 5.74) is 6.76. The zero-order valence-corrected chi connectivity index (χ0v) is 17.7. The molecule has 3 heteroatoms. The van der Waals surface area contributed by atoms with E-state index in [1.807, 2.05) is 33.2 Å². The van der Waals surface area contributed by atoms with E-state index in [9.17, 15) is 4.39 Å². The number of hydrogen-bond donors (Lipinski definition) is 0. The van der Waals surface area contributed by atoms with Crippen molar-refractivity contribution in [2.45, 2.75) is 65.8 Å². The van der Waals surface area contributed by atoms with E-state index < -0.39 is 0 Å². The number of aryl methyl sites for hydroxylation is 1. The third kappa shape index (κ3) is 2.97. The average molecular weight is 367 g/mol. The molecule has 144 valence electrons. The molecule has 0 N–H and O–H groups in total. The summed E-state index contributed by atoms with van der Waals surface area (Å²) in [4.78, 5) is 6.87. The molecule has 0 fully saturated rings. The van der Waals surface area contributed by atoms with Gasteiger partial charge in [-0.2, -0.15) is 0 Å². The maximum absolute atomic E-state index is 14.4. The normalized spacial score (nSPS) is 18.9. The molecule has 2 nitrogen and oxygen atoms in total. The predicted octanol–water partition coefficient (Wildman–Crippen LogP) is 6.52. The first-order chi connectivity index (χ1) is 12.7. The van der Waals surface area contributed by atoms with E-state index in [-0.39, 0.29) is 11.4 Å². The zero-order valence-electron chi connectivity index (χ0n) is 17.7. The van der Waals surface area contributed by atoms with Crippen LogP contribution in [0.25, 0.3) is 0 Å². The van der Waals surface area contributed by atoms with E-state index in [1.165, 1.54) is 11.1 Å². The fourth-order valence-electron chi connectivity index (χ4n) is 4.43. The summed E-state index contributed by atoms with van der Waals surface area (Å²) in [5, 5.41) is 0. The van der Waals surface area contributed by atoms with Crippen LogP contribution in [0.15, 0.2) is 29.3 Å². The topological polar surface area (TPSA) is 15.6 Å². The van der Waals surface area contributed by atoms with Gasteiger partial charge in [0.2, 0.25) is 0 Å². The number of rotatable bonds is 4. The van der Waals surface area contributed by atoms with Gasteiger partial charge in [-0.1, -0.05) is 32.0 Å². The summed E-state index contributed by atoms with van der Waals surface area (Å²) in [6, 6.07) is 8.73. The van der Waals surface area contributed by atoms with Gasteiger partial charge in [0.1, 0.15) is 5.82 Å². The van der Waals surface area contributed by atoms with Crippen LogP contribution in [-0.2, 0) is 5.54 Å². The van der Waals surface area contributed by atoms with Crippen molar-refractivity contribution in [3.05, 3.63) is 63.5 Å². The second-order valence-corrected chi connectivity index (χ2v) is 8.02. The third-order valence-corrected chi connectivity index (χ3v) is 6.61. The van der Waals surface area contributed by atoms with Crippen LogP contribution in [0, 0.1) is 26.6 Å². The smallest absolute Gasteiger partial charge is 0.129 e. The van der Waals surface area contributed by atoms with Crippen molar-refractivity contribution in [2.75, 3.05) is 7.05 Å². The van der Waals surface area contributed by atoms with E-state index >= 15 is 0 Å². The first kappa shape index (κ1) is 19.6.